The number of fused-ring (bicyclic) bond motifs is 1. The number of aromatic nitrogens is 2. The Hall–Kier alpha value is -2.08. The predicted octanol–water partition coefficient (Wildman–Crippen LogP) is 3.61. The van der Waals surface area contributed by atoms with E-state index < -0.39 is 5.82 Å². The van der Waals surface area contributed by atoms with Crippen LogP contribution >= 0.6 is 15.9 Å². The highest BCUT2D eigenvalue weighted by Crippen LogP contribution is 2.33. The Morgan fingerprint density at radius 1 is 1.32 bits per heavy atom. The summed E-state index contributed by atoms with van der Waals surface area (Å²) in [6.07, 6.45) is 3.42. The molecule has 19 heavy (non-hydrogen) atoms. The zero-order valence-electron chi connectivity index (χ0n) is 9.68. The summed E-state index contributed by atoms with van der Waals surface area (Å²) in [6.45, 7) is 0. The quantitative estimate of drug-likeness (QED) is 0.733. The molecule has 1 aromatic carbocycles. The molecule has 3 aromatic rings. The molecule has 0 fully saturated rings. The lowest BCUT2D eigenvalue weighted by Crippen LogP contribution is -1.97. The van der Waals surface area contributed by atoms with Crippen LogP contribution in [0.15, 0.2) is 47.2 Å². The van der Waals surface area contributed by atoms with Crippen LogP contribution in [0.1, 0.15) is 0 Å². The number of benzene rings is 1. The van der Waals surface area contributed by atoms with Gasteiger partial charge in [-0.2, -0.15) is 5.10 Å². The maximum atomic E-state index is 13.7. The third kappa shape index (κ3) is 2.15. The number of para-hydroxylation sites is 1. The number of rotatable bonds is 2. The summed E-state index contributed by atoms with van der Waals surface area (Å²) in [6, 6.07) is 7.94. The zero-order chi connectivity index (χ0) is 13.4. The number of nitrogen functional groups attached to an aromatic ring is 1. The number of anilines is 1. The Kier molecular flexibility index (Phi) is 2.87. The summed E-state index contributed by atoms with van der Waals surface area (Å²) in [4.78, 5) is 0. The standard InChI is InChI=1S/C13H9BrFN3O/c14-8-6-12(11-4-5-17-18(11)7-8)19-13-9(15)2-1-3-10(13)16/h1-7H,16H2. The van der Waals surface area contributed by atoms with Gasteiger partial charge in [0.15, 0.2) is 17.3 Å². The first-order valence-electron chi connectivity index (χ1n) is 5.50. The van der Waals surface area contributed by atoms with Gasteiger partial charge in [-0.1, -0.05) is 6.07 Å². The Bertz CT molecular complexity index is 736. The van der Waals surface area contributed by atoms with Gasteiger partial charge in [0, 0.05) is 10.7 Å². The SMILES string of the molecule is Nc1cccc(F)c1Oc1cc(Br)cn2nccc12. The Labute approximate surface area is 116 Å². The van der Waals surface area contributed by atoms with E-state index in [1.165, 1.54) is 12.1 Å². The van der Waals surface area contributed by atoms with Gasteiger partial charge in [0.1, 0.15) is 5.52 Å². The van der Waals surface area contributed by atoms with Gasteiger partial charge in [-0.15, -0.1) is 0 Å². The van der Waals surface area contributed by atoms with Gasteiger partial charge in [-0.05, 0) is 40.2 Å². The molecule has 0 atom stereocenters. The number of pyridine rings is 1. The molecule has 0 radical (unpaired) electrons. The summed E-state index contributed by atoms with van der Waals surface area (Å²) >= 11 is 3.35. The van der Waals surface area contributed by atoms with Crippen molar-refractivity contribution >= 4 is 27.1 Å². The molecular weight excluding hydrogens is 313 g/mol. The maximum Gasteiger partial charge on any atom is 0.185 e. The minimum absolute atomic E-state index is 0.0173. The molecule has 3 rings (SSSR count). The number of nitrogens with zero attached hydrogens (tertiary/aromatic N) is 2. The fourth-order valence-corrected chi connectivity index (χ4v) is 2.19. The molecule has 0 amide bonds. The van der Waals surface area contributed by atoms with Crippen molar-refractivity contribution in [3.63, 3.8) is 0 Å². The molecular formula is C13H9BrFN3O. The molecule has 0 saturated heterocycles. The number of nitrogens with two attached hydrogens (primary N) is 1. The van der Waals surface area contributed by atoms with Crippen LogP contribution in [0.5, 0.6) is 11.5 Å². The zero-order valence-corrected chi connectivity index (χ0v) is 11.3. The molecule has 0 spiro atoms. The van der Waals surface area contributed by atoms with E-state index in [1.807, 2.05) is 0 Å². The van der Waals surface area contributed by atoms with E-state index in [2.05, 4.69) is 21.0 Å². The Balaban J connectivity index is 2.13. The first kappa shape index (κ1) is 12.0. The van der Waals surface area contributed by atoms with Gasteiger partial charge in [0.2, 0.25) is 0 Å². The normalized spacial score (nSPS) is 10.8. The van der Waals surface area contributed by atoms with Crippen LogP contribution in [0.2, 0.25) is 0 Å². The van der Waals surface area contributed by atoms with Crippen LogP contribution in [-0.4, -0.2) is 9.61 Å². The van der Waals surface area contributed by atoms with Crippen molar-refractivity contribution in [1.29, 1.82) is 0 Å². The lowest BCUT2D eigenvalue weighted by molar-refractivity contribution is 0.446. The van der Waals surface area contributed by atoms with Crippen LogP contribution in [0.25, 0.3) is 5.52 Å². The largest absolute Gasteiger partial charge is 0.450 e. The van der Waals surface area contributed by atoms with Gasteiger partial charge < -0.3 is 10.5 Å². The maximum absolute atomic E-state index is 13.7. The molecule has 0 saturated carbocycles. The fourth-order valence-electron chi connectivity index (χ4n) is 1.79. The van der Waals surface area contributed by atoms with E-state index >= 15 is 0 Å². The highest BCUT2D eigenvalue weighted by Gasteiger charge is 2.12. The van der Waals surface area contributed by atoms with Crippen molar-refractivity contribution in [2.75, 3.05) is 5.73 Å². The summed E-state index contributed by atoms with van der Waals surface area (Å²) in [5, 5.41) is 4.11. The summed E-state index contributed by atoms with van der Waals surface area (Å²) in [5.41, 5.74) is 6.70. The molecule has 0 bridgehead atoms. The fraction of sp³-hybridized carbons (Fsp3) is 0. The van der Waals surface area contributed by atoms with E-state index in [-0.39, 0.29) is 11.4 Å². The van der Waals surface area contributed by atoms with E-state index in [4.69, 9.17) is 10.5 Å². The minimum atomic E-state index is -0.502. The van der Waals surface area contributed by atoms with Crippen LogP contribution in [0.3, 0.4) is 0 Å². The molecule has 0 aliphatic heterocycles. The van der Waals surface area contributed by atoms with Crippen molar-refractivity contribution in [2.24, 2.45) is 0 Å². The summed E-state index contributed by atoms with van der Waals surface area (Å²) < 4.78 is 21.7. The average molecular weight is 322 g/mol. The van der Waals surface area contributed by atoms with E-state index in [1.54, 1.807) is 35.1 Å². The predicted molar refractivity (Wildman–Crippen MR) is 73.8 cm³/mol. The third-order valence-corrected chi connectivity index (χ3v) is 3.08. The van der Waals surface area contributed by atoms with Crippen molar-refractivity contribution in [2.45, 2.75) is 0 Å². The molecule has 96 valence electrons. The van der Waals surface area contributed by atoms with Crippen molar-refractivity contribution in [3.05, 3.63) is 53.0 Å². The van der Waals surface area contributed by atoms with Gasteiger partial charge in [-0.3, -0.25) is 0 Å². The molecule has 6 heteroatoms. The van der Waals surface area contributed by atoms with Gasteiger partial charge in [0.05, 0.1) is 11.9 Å². The van der Waals surface area contributed by atoms with E-state index in [0.717, 1.165) is 9.99 Å². The van der Waals surface area contributed by atoms with Crippen molar-refractivity contribution in [1.82, 2.24) is 9.61 Å². The molecule has 4 nitrogen and oxygen atoms in total. The van der Waals surface area contributed by atoms with Gasteiger partial charge in [-0.25, -0.2) is 8.91 Å². The molecule has 2 N–H and O–H groups in total. The average Bonchev–Trinajstić information content (AvgIpc) is 2.81. The first-order valence-corrected chi connectivity index (χ1v) is 6.29. The third-order valence-electron chi connectivity index (χ3n) is 2.65. The molecule has 0 unspecified atom stereocenters. The van der Waals surface area contributed by atoms with E-state index in [9.17, 15) is 4.39 Å². The first-order chi connectivity index (χ1) is 9.15. The number of hydrogen-bond donors (Lipinski definition) is 1. The van der Waals surface area contributed by atoms with Crippen LogP contribution in [0.4, 0.5) is 10.1 Å². The lowest BCUT2D eigenvalue weighted by atomic mass is 10.3. The number of hydrogen-bond acceptors (Lipinski definition) is 3. The highest BCUT2D eigenvalue weighted by molar-refractivity contribution is 9.10. The highest BCUT2D eigenvalue weighted by atomic mass is 79.9. The second-order valence-corrected chi connectivity index (χ2v) is 4.86. The summed E-state index contributed by atoms with van der Waals surface area (Å²) in [5.74, 6) is -0.00924. The monoisotopic (exact) mass is 321 g/mol. The second kappa shape index (κ2) is 4.55. The lowest BCUT2D eigenvalue weighted by Gasteiger charge is -2.10. The summed E-state index contributed by atoms with van der Waals surface area (Å²) in [7, 11) is 0. The molecule has 2 aromatic heterocycles. The number of ether oxygens (including phenoxy) is 1. The Morgan fingerprint density at radius 3 is 2.95 bits per heavy atom. The van der Waals surface area contributed by atoms with Gasteiger partial charge >= 0.3 is 0 Å². The molecule has 2 heterocycles. The molecule has 0 aliphatic rings. The number of halogens is 2. The Morgan fingerprint density at radius 2 is 2.16 bits per heavy atom. The smallest absolute Gasteiger partial charge is 0.185 e. The van der Waals surface area contributed by atoms with Crippen molar-refractivity contribution in [3.8, 4) is 11.5 Å². The van der Waals surface area contributed by atoms with Crippen LogP contribution in [0, 0.1) is 5.82 Å². The van der Waals surface area contributed by atoms with Crippen LogP contribution < -0.4 is 10.5 Å². The second-order valence-electron chi connectivity index (χ2n) is 3.94. The van der Waals surface area contributed by atoms with Crippen LogP contribution in [-0.2, 0) is 0 Å². The topological polar surface area (TPSA) is 52.5 Å². The van der Waals surface area contributed by atoms with Gasteiger partial charge in [0.25, 0.3) is 0 Å². The van der Waals surface area contributed by atoms with Crippen molar-refractivity contribution < 1.29 is 9.13 Å². The van der Waals surface area contributed by atoms with E-state index in [0.29, 0.717) is 5.75 Å². The minimum Gasteiger partial charge on any atom is -0.450 e. The molecule has 0 aliphatic carbocycles.